The van der Waals surface area contributed by atoms with Crippen LogP contribution in [0, 0.1) is 12.7 Å². The normalized spacial score (nSPS) is 11.5. The lowest BCUT2D eigenvalue weighted by Crippen LogP contribution is -2.18. The Bertz CT molecular complexity index is 385. The second-order valence-corrected chi connectivity index (χ2v) is 3.62. The molecule has 3 nitrogen and oxygen atoms in total. The van der Waals surface area contributed by atoms with Crippen LogP contribution in [0.15, 0.2) is 18.2 Å². The molecule has 1 aromatic rings. The fraction of sp³-hybridized carbons (Fsp3) is 0.417. The average molecular weight is 262 g/mol. The van der Waals surface area contributed by atoms with Gasteiger partial charge >= 0.3 is 5.97 Å². The van der Waals surface area contributed by atoms with Gasteiger partial charge in [-0.3, -0.25) is 4.79 Å². The summed E-state index contributed by atoms with van der Waals surface area (Å²) in [5.74, 6) is -0.710. The summed E-state index contributed by atoms with van der Waals surface area (Å²) in [5.41, 5.74) is 7.35. The maximum atomic E-state index is 13.0. The molecular weight excluding hydrogens is 245 g/mol. The average Bonchev–Trinajstić information content (AvgIpc) is 2.21. The van der Waals surface area contributed by atoms with Gasteiger partial charge in [-0.25, -0.2) is 4.39 Å². The van der Waals surface area contributed by atoms with Crippen LogP contribution in [-0.2, 0) is 9.53 Å². The summed E-state index contributed by atoms with van der Waals surface area (Å²) in [6, 6.07) is 3.86. The number of nitrogens with two attached hydrogens (primary N) is 1. The molecule has 0 saturated heterocycles. The highest BCUT2D eigenvalue weighted by Gasteiger charge is 2.14. The number of halogens is 2. The van der Waals surface area contributed by atoms with E-state index in [9.17, 15) is 9.18 Å². The summed E-state index contributed by atoms with van der Waals surface area (Å²) in [6.45, 7) is 3.89. The van der Waals surface area contributed by atoms with Gasteiger partial charge in [0.15, 0.2) is 0 Å². The van der Waals surface area contributed by atoms with Gasteiger partial charge in [0.1, 0.15) is 5.82 Å². The molecule has 0 spiro atoms. The van der Waals surface area contributed by atoms with Crippen LogP contribution < -0.4 is 5.73 Å². The molecule has 0 saturated carbocycles. The van der Waals surface area contributed by atoms with Gasteiger partial charge < -0.3 is 10.5 Å². The highest BCUT2D eigenvalue weighted by atomic mass is 35.5. The lowest BCUT2D eigenvalue weighted by Gasteiger charge is -2.13. The molecule has 0 amide bonds. The van der Waals surface area contributed by atoms with E-state index in [1.54, 1.807) is 13.0 Å². The van der Waals surface area contributed by atoms with E-state index in [4.69, 9.17) is 10.5 Å². The highest BCUT2D eigenvalue weighted by Crippen LogP contribution is 2.20. The summed E-state index contributed by atoms with van der Waals surface area (Å²) in [7, 11) is 0. The van der Waals surface area contributed by atoms with E-state index in [0.29, 0.717) is 12.2 Å². The Morgan fingerprint density at radius 3 is 2.76 bits per heavy atom. The largest absolute Gasteiger partial charge is 0.466 e. The molecule has 0 aliphatic heterocycles. The number of carbonyl (C=O) groups is 1. The van der Waals surface area contributed by atoms with Crippen LogP contribution in [0.4, 0.5) is 4.39 Å². The molecule has 0 unspecified atom stereocenters. The molecule has 5 heteroatoms. The third-order valence-electron chi connectivity index (χ3n) is 2.33. The number of hydrogen-bond donors (Lipinski definition) is 1. The first kappa shape index (κ1) is 15.9. The first-order valence-corrected chi connectivity index (χ1v) is 5.21. The summed E-state index contributed by atoms with van der Waals surface area (Å²) in [5, 5.41) is 0. The van der Waals surface area contributed by atoms with Crippen molar-refractivity contribution < 1.29 is 13.9 Å². The fourth-order valence-corrected chi connectivity index (χ4v) is 1.52. The van der Waals surface area contributed by atoms with E-state index < -0.39 is 6.04 Å². The van der Waals surface area contributed by atoms with E-state index in [1.807, 2.05) is 6.92 Å². The monoisotopic (exact) mass is 261 g/mol. The maximum absolute atomic E-state index is 13.0. The fourth-order valence-electron chi connectivity index (χ4n) is 1.52. The summed E-state index contributed by atoms with van der Waals surface area (Å²) in [6.07, 6.45) is 0.0676. The SMILES string of the molecule is CCOC(=O)C[C@H](N)c1cc(F)ccc1C.Cl. The minimum atomic E-state index is -0.519. The van der Waals surface area contributed by atoms with Crippen LogP contribution in [0.5, 0.6) is 0 Å². The van der Waals surface area contributed by atoms with Crippen molar-refractivity contribution >= 4 is 18.4 Å². The second-order valence-electron chi connectivity index (χ2n) is 3.62. The molecule has 0 radical (unpaired) electrons. The zero-order chi connectivity index (χ0) is 12.1. The third-order valence-corrected chi connectivity index (χ3v) is 2.33. The van der Waals surface area contributed by atoms with Crippen molar-refractivity contribution in [2.24, 2.45) is 5.73 Å². The van der Waals surface area contributed by atoms with Crippen molar-refractivity contribution in [2.45, 2.75) is 26.3 Å². The van der Waals surface area contributed by atoms with Gasteiger partial charge in [0.05, 0.1) is 13.0 Å². The van der Waals surface area contributed by atoms with Crippen LogP contribution in [0.1, 0.15) is 30.5 Å². The predicted molar refractivity (Wildman–Crippen MR) is 66.6 cm³/mol. The Morgan fingerprint density at radius 1 is 1.53 bits per heavy atom. The third kappa shape index (κ3) is 4.71. The van der Waals surface area contributed by atoms with Crippen LogP contribution in [0.2, 0.25) is 0 Å². The molecule has 0 aliphatic carbocycles. The van der Waals surface area contributed by atoms with Gasteiger partial charge in [-0.2, -0.15) is 0 Å². The van der Waals surface area contributed by atoms with Crippen LogP contribution >= 0.6 is 12.4 Å². The molecule has 0 heterocycles. The quantitative estimate of drug-likeness (QED) is 0.848. The summed E-state index contributed by atoms with van der Waals surface area (Å²) >= 11 is 0. The van der Waals surface area contributed by atoms with Gasteiger partial charge in [-0.15, -0.1) is 12.4 Å². The number of aryl methyl sites for hydroxylation is 1. The van der Waals surface area contributed by atoms with Crippen molar-refractivity contribution in [3.63, 3.8) is 0 Å². The number of rotatable bonds is 4. The first-order valence-electron chi connectivity index (χ1n) is 5.21. The molecule has 0 aromatic heterocycles. The Kier molecular flexibility index (Phi) is 6.76. The first-order chi connectivity index (χ1) is 7.54. The molecule has 96 valence electrons. The second kappa shape index (κ2) is 7.25. The van der Waals surface area contributed by atoms with Crippen molar-refractivity contribution in [1.29, 1.82) is 0 Å². The summed E-state index contributed by atoms with van der Waals surface area (Å²) in [4.78, 5) is 11.2. The Balaban J connectivity index is 0.00000256. The number of hydrogen-bond acceptors (Lipinski definition) is 3. The van der Waals surface area contributed by atoms with E-state index in [0.717, 1.165) is 5.56 Å². The Hall–Kier alpha value is -1.13. The molecule has 0 aliphatic rings. The van der Waals surface area contributed by atoms with Crippen molar-refractivity contribution in [2.75, 3.05) is 6.61 Å². The van der Waals surface area contributed by atoms with Crippen molar-refractivity contribution in [3.05, 3.63) is 35.1 Å². The zero-order valence-corrected chi connectivity index (χ0v) is 10.7. The number of esters is 1. The summed E-state index contributed by atoms with van der Waals surface area (Å²) < 4.78 is 17.8. The molecular formula is C12H17ClFNO2. The maximum Gasteiger partial charge on any atom is 0.307 e. The lowest BCUT2D eigenvalue weighted by atomic mass is 9.99. The van der Waals surface area contributed by atoms with Gasteiger partial charge in [-0.05, 0) is 37.1 Å². The van der Waals surface area contributed by atoms with Gasteiger partial charge in [0.2, 0.25) is 0 Å². The number of ether oxygens (including phenoxy) is 1. The molecule has 1 rings (SSSR count). The van der Waals surface area contributed by atoms with Gasteiger partial charge in [-0.1, -0.05) is 6.07 Å². The van der Waals surface area contributed by atoms with Gasteiger partial charge in [0, 0.05) is 6.04 Å². The zero-order valence-electron chi connectivity index (χ0n) is 9.90. The Morgan fingerprint density at radius 2 is 2.18 bits per heavy atom. The van der Waals surface area contributed by atoms with Crippen LogP contribution in [0.25, 0.3) is 0 Å². The van der Waals surface area contributed by atoms with Crippen molar-refractivity contribution in [1.82, 2.24) is 0 Å². The molecule has 1 aromatic carbocycles. The predicted octanol–water partition coefficient (Wildman–Crippen LogP) is 2.51. The van der Waals surface area contributed by atoms with E-state index in [-0.39, 0.29) is 30.6 Å². The molecule has 1 atom stereocenters. The molecule has 17 heavy (non-hydrogen) atoms. The lowest BCUT2D eigenvalue weighted by molar-refractivity contribution is -0.143. The van der Waals surface area contributed by atoms with Crippen LogP contribution in [0.3, 0.4) is 0 Å². The topological polar surface area (TPSA) is 52.3 Å². The van der Waals surface area contributed by atoms with Crippen LogP contribution in [-0.4, -0.2) is 12.6 Å². The van der Waals surface area contributed by atoms with Crippen molar-refractivity contribution in [3.8, 4) is 0 Å². The Labute approximate surface area is 107 Å². The molecule has 0 bridgehead atoms. The van der Waals surface area contributed by atoms with Gasteiger partial charge in [0.25, 0.3) is 0 Å². The smallest absolute Gasteiger partial charge is 0.307 e. The number of benzene rings is 1. The minimum absolute atomic E-state index is 0. The minimum Gasteiger partial charge on any atom is -0.466 e. The molecule has 0 fully saturated rings. The standard InChI is InChI=1S/C12H16FNO2.ClH/c1-3-16-12(15)7-11(14)10-6-9(13)5-4-8(10)2;/h4-6,11H,3,7,14H2,1-2H3;1H/t11-;/m0./s1. The van der Waals surface area contributed by atoms with E-state index in [1.165, 1.54) is 12.1 Å². The number of carbonyl (C=O) groups excluding carboxylic acids is 1. The highest BCUT2D eigenvalue weighted by molar-refractivity contribution is 5.85. The van der Waals surface area contributed by atoms with E-state index in [2.05, 4.69) is 0 Å². The molecule has 2 N–H and O–H groups in total. The van der Waals surface area contributed by atoms with E-state index >= 15 is 0 Å².